The number of carboxylic acid groups (broad SMARTS) is 1. The van der Waals surface area contributed by atoms with Crippen molar-refractivity contribution in [3.05, 3.63) is 35.0 Å². The second kappa shape index (κ2) is 4.70. The van der Waals surface area contributed by atoms with Gasteiger partial charge in [-0.25, -0.2) is 4.79 Å². The predicted octanol–water partition coefficient (Wildman–Crippen LogP) is 2.76. The topological polar surface area (TPSA) is 66.6 Å². The fourth-order valence-electron chi connectivity index (χ4n) is 1.63. The number of nitrogens with zero attached hydrogens (tertiary/aromatic N) is 2. The molecule has 0 unspecified atom stereocenters. The van der Waals surface area contributed by atoms with Gasteiger partial charge in [-0.2, -0.15) is 0 Å². The van der Waals surface area contributed by atoms with E-state index in [4.69, 9.17) is 21.2 Å². The van der Waals surface area contributed by atoms with Crippen LogP contribution in [0.25, 0.3) is 11.3 Å². The molecule has 0 saturated heterocycles. The molecule has 1 aromatic heterocycles. The smallest absolute Gasteiger partial charge is 0.374 e. The highest BCUT2D eigenvalue weighted by atomic mass is 35.5. The Bertz CT molecular complexity index is 593. The lowest BCUT2D eigenvalue weighted by Crippen LogP contribution is -2.10. The molecule has 0 bridgehead atoms. The van der Waals surface area contributed by atoms with Crippen LogP contribution in [0.3, 0.4) is 0 Å². The number of hydrogen-bond donors (Lipinski definition) is 1. The van der Waals surface area contributed by atoms with E-state index in [1.165, 1.54) is 6.07 Å². The first-order valence-corrected chi connectivity index (χ1v) is 5.54. The first-order valence-electron chi connectivity index (χ1n) is 5.17. The summed E-state index contributed by atoms with van der Waals surface area (Å²) >= 11 is 6.14. The summed E-state index contributed by atoms with van der Waals surface area (Å²) in [5.41, 5.74) is 1.90. The maximum atomic E-state index is 10.8. The Morgan fingerprint density at radius 3 is 2.72 bits per heavy atom. The van der Waals surface area contributed by atoms with E-state index in [0.717, 1.165) is 5.69 Å². The first-order chi connectivity index (χ1) is 8.50. The van der Waals surface area contributed by atoms with E-state index < -0.39 is 5.97 Å². The zero-order valence-corrected chi connectivity index (χ0v) is 10.6. The normalized spacial score (nSPS) is 10.4. The zero-order valence-electron chi connectivity index (χ0n) is 9.85. The van der Waals surface area contributed by atoms with Crippen molar-refractivity contribution in [2.75, 3.05) is 19.0 Å². The molecule has 5 nitrogen and oxygen atoms in total. The molecule has 0 amide bonds. The maximum Gasteiger partial charge on any atom is 0.374 e. The molecule has 0 spiro atoms. The minimum absolute atomic E-state index is 0.213. The van der Waals surface area contributed by atoms with Gasteiger partial charge in [0.05, 0.1) is 5.02 Å². The number of anilines is 1. The molecule has 1 aromatic carbocycles. The molecule has 6 heteroatoms. The van der Waals surface area contributed by atoms with Crippen LogP contribution < -0.4 is 4.90 Å². The van der Waals surface area contributed by atoms with Gasteiger partial charge in [0, 0.05) is 31.4 Å². The van der Waals surface area contributed by atoms with Gasteiger partial charge in [-0.1, -0.05) is 22.8 Å². The highest BCUT2D eigenvalue weighted by Gasteiger charge is 2.18. The molecular weight excluding hydrogens is 256 g/mol. The van der Waals surface area contributed by atoms with Crippen molar-refractivity contribution in [3.63, 3.8) is 0 Å². The molecule has 1 heterocycles. The highest BCUT2D eigenvalue weighted by molar-refractivity contribution is 6.34. The van der Waals surface area contributed by atoms with Crippen LogP contribution in [0.5, 0.6) is 0 Å². The Morgan fingerprint density at radius 2 is 2.17 bits per heavy atom. The van der Waals surface area contributed by atoms with Crippen LogP contribution in [0.2, 0.25) is 5.02 Å². The minimum Gasteiger partial charge on any atom is -0.475 e. The number of carbonyl (C=O) groups is 1. The van der Waals surface area contributed by atoms with Crippen LogP contribution in [0.4, 0.5) is 5.69 Å². The van der Waals surface area contributed by atoms with E-state index in [2.05, 4.69) is 5.16 Å². The fourth-order valence-corrected chi connectivity index (χ4v) is 1.90. The summed E-state index contributed by atoms with van der Waals surface area (Å²) in [5.74, 6) is -1.37. The predicted molar refractivity (Wildman–Crippen MR) is 68.2 cm³/mol. The van der Waals surface area contributed by atoms with E-state index in [1.54, 1.807) is 6.07 Å². The van der Waals surface area contributed by atoms with Crippen molar-refractivity contribution in [1.29, 1.82) is 0 Å². The minimum atomic E-state index is -1.16. The lowest BCUT2D eigenvalue weighted by Gasteiger charge is -2.16. The molecule has 2 rings (SSSR count). The van der Waals surface area contributed by atoms with Crippen LogP contribution in [0.15, 0.2) is 28.8 Å². The largest absolute Gasteiger partial charge is 0.475 e. The van der Waals surface area contributed by atoms with Gasteiger partial charge in [0.25, 0.3) is 0 Å². The van der Waals surface area contributed by atoms with Crippen LogP contribution >= 0.6 is 11.6 Å². The van der Waals surface area contributed by atoms with Gasteiger partial charge in [-0.3, -0.25) is 0 Å². The highest BCUT2D eigenvalue weighted by Crippen LogP contribution is 2.35. The maximum absolute atomic E-state index is 10.8. The van der Waals surface area contributed by atoms with Crippen LogP contribution in [-0.4, -0.2) is 30.3 Å². The number of aromatic nitrogens is 1. The third-order valence-electron chi connectivity index (χ3n) is 2.45. The first kappa shape index (κ1) is 12.4. The fraction of sp³-hybridized carbons (Fsp3) is 0.167. The summed E-state index contributed by atoms with van der Waals surface area (Å²) in [5, 5.41) is 13.1. The van der Waals surface area contributed by atoms with Crippen LogP contribution in [0.1, 0.15) is 10.6 Å². The molecule has 0 fully saturated rings. The lowest BCUT2D eigenvalue weighted by atomic mass is 10.1. The monoisotopic (exact) mass is 266 g/mol. The Labute approximate surface area is 109 Å². The van der Waals surface area contributed by atoms with Crippen LogP contribution in [0, 0.1) is 0 Å². The Morgan fingerprint density at radius 1 is 1.44 bits per heavy atom. The summed E-state index contributed by atoms with van der Waals surface area (Å²) in [4.78, 5) is 12.6. The van der Waals surface area contributed by atoms with Crippen LogP contribution in [-0.2, 0) is 0 Å². The van der Waals surface area contributed by atoms with E-state index >= 15 is 0 Å². The van der Waals surface area contributed by atoms with E-state index in [9.17, 15) is 4.79 Å². The van der Waals surface area contributed by atoms with Crippen molar-refractivity contribution < 1.29 is 14.4 Å². The number of carboxylic acids is 1. The Balaban J connectivity index is 2.58. The molecule has 1 N–H and O–H groups in total. The van der Waals surface area contributed by atoms with Gasteiger partial charge in [-0.05, 0) is 12.1 Å². The van der Waals surface area contributed by atoms with Gasteiger partial charge in [0.15, 0.2) is 0 Å². The van der Waals surface area contributed by atoms with Gasteiger partial charge >= 0.3 is 5.97 Å². The van der Waals surface area contributed by atoms with Crippen molar-refractivity contribution in [2.45, 2.75) is 0 Å². The van der Waals surface area contributed by atoms with Crippen molar-refractivity contribution >= 4 is 23.3 Å². The molecule has 0 radical (unpaired) electrons. The standard InChI is InChI=1S/C12H11ClN2O3/c1-15(2)9-5-3-4-7(13)11(9)8-6-10(12(16)17)18-14-8/h3-6H,1-2H3,(H,16,17). The second-order valence-electron chi connectivity index (χ2n) is 3.91. The van der Waals surface area contributed by atoms with Gasteiger partial charge in [0.1, 0.15) is 5.69 Å². The van der Waals surface area contributed by atoms with Gasteiger partial charge in [0.2, 0.25) is 5.76 Å². The third-order valence-corrected chi connectivity index (χ3v) is 2.77. The Kier molecular flexibility index (Phi) is 3.25. The summed E-state index contributed by atoms with van der Waals surface area (Å²) in [6.07, 6.45) is 0. The summed E-state index contributed by atoms with van der Waals surface area (Å²) in [7, 11) is 3.74. The number of rotatable bonds is 3. The number of halogens is 1. The zero-order chi connectivity index (χ0) is 13.3. The summed E-state index contributed by atoms with van der Waals surface area (Å²) in [6.45, 7) is 0. The lowest BCUT2D eigenvalue weighted by molar-refractivity contribution is 0.0652. The Hall–Kier alpha value is -2.01. The van der Waals surface area contributed by atoms with Gasteiger partial charge in [-0.15, -0.1) is 0 Å². The molecule has 0 aliphatic carbocycles. The number of aromatic carboxylic acids is 1. The SMILES string of the molecule is CN(C)c1cccc(Cl)c1-c1cc(C(=O)O)on1. The average Bonchev–Trinajstić information content (AvgIpc) is 2.77. The molecule has 2 aromatic rings. The van der Waals surface area contributed by atoms with Crippen molar-refractivity contribution in [2.24, 2.45) is 0 Å². The summed E-state index contributed by atoms with van der Waals surface area (Å²) in [6, 6.07) is 6.77. The molecule has 0 aliphatic heterocycles. The molecule has 0 atom stereocenters. The molecule has 18 heavy (non-hydrogen) atoms. The van der Waals surface area contributed by atoms with E-state index in [-0.39, 0.29) is 5.76 Å². The van der Waals surface area contributed by atoms with E-state index in [1.807, 2.05) is 31.1 Å². The number of benzene rings is 1. The third kappa shape index (κ3) is 2.17. The number of hydrogen-bond acceptors (Lipinski definition) is 4. The quantitative estimate of drug-likeness (QED) is 0.925. The van der Waals surface area contributed by atoms with Crippen molar-refractivity contribution in [1.82, 2.24) is 5.16 Å². The molecular formula is C12H11ClN2O3. The second-order valence-corrected chi connectivity index (χ2v) is 4.32. The van der Waals surface area contributed by atoms with Crippen molar-refractivity contribution in [3.8, 4) is 11.3 Å². The molecule has 0 aliphatic rings. The van der Waals surface area contributed by atoms with Gasteiger partial charge < -0.3 is 14.5 Å². The van der Waals surface area contributed by atoms with E-state index in [0.29, 0.717) is 16.3 Å². The summed E-state index contributed by atoms with van der Waals surface area (Å²) < 4.78 is 4.74. The molecule has 94 valence electrons. The average molecular weight is 267 g/mol. The molecule has 0 saturated carbocycles.